The second-order valence-corrected chi connectivity index (χ2v) is 13.5. The average molecular weight is 625 g/mol. The van der Waals surface area contributed by atoms with Crippen LogP contribution in [0.3, 0.4) is 0 Å². The van der Waals surface area contributed by atoms with Gasteiger partial charge < -0.3 is 0 Å². The third-order valence-electron chi connectivity index (χ3n) is 9.62. The maximum absolute atomic E-state index is 13.0. The van der Waals surface area contributed by atoms with Crippen molar-refractivity contribution in [3.8, 4) is 0 Å². The van der Waals surface area contributed by atoms with Crippen LogP contribution in [0, 0.1) is 52.4 Å². The van der Waals surface area contributed by atoms with Crippen molar-refractivity contribution in [1.29, 1.82) is 0 Å². The molecule has 3 nitrogen and oxygen atoms in total. The molecule has 0 heterocycles. The number of aryl methyl sites for hydroxylation is 6. The highest BCUT2D eigenvalue weighted by Gasteiger charge is 2.33. The molecule has 1 aliphatic rings. The molecule has 0 spiro atoms. The summed E-state index contributed by atoms with van der Waals surface area (Å²) in [6, 6.07) is 19.5. The second kappa shape index (κ2) is 19.4. The summed E-state index contributed by atoms with van der Waals surface area (Å²) < 4.78 is 0. The molecule has 3 aromatic rings. The molecule has 0 bridgehead atoms. The molecule has 0 N–H and O–H groups in total. The lowest BCUT2D eigenvalue weighted by molar-refractivity contribution is -0.129. The van der Waals surface area contributed by atoms with Gasteiger partial charge in [-0.15, -0.1) is 0 Å². The van der Waals surface area contributed by atoms with Gasteiger partial charge in [0.15, 0.2) is 5.78 Å². The number of fused-ring (bicyclic) bond motifs is 1. The van der Waals surface area contributed by atoms with Gasteiger partial charge in [0.2, 0.25) is 0 Å². The van der Waals surface area contributed by atoms with Crippen LogP contribution in [0.1, 0.15) is 128 Å². The quantitative estimate of drug-likeness (QED) is 0.199. The Morgan fingerprint density at radius 3 is 1.72 bits per heavy atom. The standard InChI is InChI=1S/C25H36O3.2C9H12/c1-7-9-20(21(8-2)23(27)11-17(5)26)12-19-13-22-16(4)10-15(3)18(6)25(22)24(28)14-19;2*1-3-9-6-4-8(2)5-7-9/h10,19-21H,7-9,11-14H2,1-6H3;2*4-7H,3H2,1-2H3. The summed E-state index contributed by atoms with van der Waals surface area (Å²) in [6.07, 6.45) is 7.48. The van der Waals surface area contributed by atoms with Gasteiger partial charge in [-0.25, -0.2) is 0 Å². The maximum atomic E-state index is 13.0. The van der Waals surface area contributed by atoms with Gasteiger partial charge in [-0.1, -0.05) is 106 Å². The Morgan fingerprint density at radius 2 is 1.28 bits per heavy atom. The Bertz CT molecular complexity index is 1370. The van der Waals surface area contributed by atoms with E-state index < -0.39 is 0 Å². The molecule has 3 heteroatoms. The molecule has 0 radical (unpaired) electrons. The van der Waals surface area contributed by atoms with Crippen LogP contribution in [-0.2, 0) is 28.9 Å². The number of carbonyl (C=O) groups is 3. The molecule has 46 heavy (non-hydrogen) atoms. The van der Waals surface area contributed by atoms with E-state index in [0.29, 0.717) is 6.42 Å². The molecular formula is C43H60O3. The first-order valence-corrected chi connectivity index (χ1v) is 17.6. The Morgan fingerprint density at radius 1 is 0.761 bits per heavy atom. The summed E-state index contributed by atoms with van der Waals surface area (Å²) in [4.78, 5) is 37.1. The van der Waals surface area contributed by atoms with Crippen molar-refractivity contribution in [2.45, 2.75) is 127 Å². The summed E-state index contributed by atoms with van der Waals surface area (Å²) in [5, 5.41) is 0. The van der Waals surface area contributed by atoms with Crippen LogP contribution in [-0.4, -0.2) is 17.3 Å². The fourth-order valence-corrected chi connectivity index (χ4v) is 6.80. The topological polar surface area (TPSA) is 51.2 Å². The fraction of sp³-hybridized carbons (Fsp3) is 0.512. The van der Waals surface area contributed by atoms with Crippen LogP contribution in [0.4, 0.5) is 0 Å². The molecule has 3 atom stereocenters. The molecule has 0 fully saturated rings. The molecular weight excluding hydrogens is 564 g/mol. The van der Waals surface area contributed by atoms with E-state index in [2.05, 4.69) is 110 Å². The molecule has 0 saturated carbocycles. The molecule has 250 valence electrons. The summed E-state index contributed by atoms with van der Waals surface area (Å²) in [5.74, 6) is 0.764. The van der Waals surface area contributed by atoms with E-state index in [-0.39, 0.29) is 41.5 Å². The van der Waals surface area contributed by atoms with Crippen molar-refractivity contribution >= 4 is 17.3 Å². The van der Waals surface area contributed by atoms with E-state index >= 15 is 0 Å². The number of carbonyl (C=O) groups excluding carboxylic acids is 3. The van der Waals surface area contributed by atoms with E-state index in [0.717, 1.165) is 56.1 Å². The molecule has 0 aliphatic heterocycles. The second-order valence-electron chi connectivity index (χ2n) is 13.5. The summed E-state index contributed by atoms with van der Waals surface area (Å²) in [5.41, 5.74) is 11.2. The lowest BCUT2D eigenvalue weighted by atomic mass is 9.71. The summed E-state index contributed by atoms with van der Waals surface area (Å²) in [7, 11) is 0. The Balaban J connectivity index is 0.000000329. The van der Waals surface area contributed by atoms with Crippen molar-refractivity contribution in [2.24, 2.45) is 17.8 Å². The summed E-state index contributed by atoms with van der Waals surface area (Å²) in [6.45, 7) is 20.5. The van der Waals surface area contributed by atoms with Gasteiger partial charge >= 0.3 is 0 Å². The SMILES string of the molecule is CCCC(CC1CC(=O)c2c(C)c(C)cc(C)c2C1)C(CC)C(=O)CC(C)=O.CCc1ccc(C)cc1.CCc1ccc(C)cc1. The van der Waals surface area contributed by atoms with E-state index in [1.807, 2.05) is 6.92 Å². The average Bonchev–Trinajstić information content (AvgIpc) is 3.01. The smallest absolute Gasteiger partial charge is 0.163 e. The minimum Gasteiger partial charge on any atom is -0.300 e. The fourth-order valence-electron chi connectivity index (χ4n) is 6.80. The van der Waals surface area contributed by atoms with E-state index in [4.69, 9.17) is 0 Å². The van der Waals surface area contributed by atoms with Crippen molar-refractivity contribution in [1.82, 2.24) is 0 Å². The van der Waals surface area contributed by atoms with Gasteiger partial charge in [-0.3, -0.25) is 14.4 Å². The van der Waals surface area contributed by atoms with E-state index in [1.165, 1.54) is 45.9 Å². The van der Waals surface area contributed by atoms with Crippen molar-refractivity contribution in [2.75, 3.05) is 0 Å². The number of Topliss-reactive ketones (excluding diaryl/α,β-unsaturated/α-hetero) is 3. The molecule has 3 unspecified atom stereocenters. The normalized spacial score (nSPS) is 15.0. The van der Waals surface area contributed by atoms with Crippen LogP contribution in [0.25, 0.3) is 0 Å². The van der Waals surface area contributed by atoms with Crippen LogP contribution < -0.4 is 0 Å². The van der Waals surface area contributed by atoms with Crippen molar-refractivity contribution in [3.05, 3.63) is 105 Å². The van der Waals surface area contributed by atoms with Gasteiger partial charge in [0.05, 0.1) is 6.42 Å². The number of ketones is 3. The molecule has 1 aliphatic carbocycles. The van der Waals surface area contributed by atoms with Crippen LogP contribution >= 0.6 is 0 Å². The van der Waals surface area contributed by atoms with Crippen LogP contribution in [0.5, 0.6) is 0 Å². The zero-order valence-electron chi connectivity index (χ0n) is 30.5. The Kier molecular flexibility index (Phi) is 16.3. The van der Waals surface area contributed by atoms with Gasteiger partial charge in [-0.2, -0.15) is 0 Å². The van der Waals surface area contributed by atoms with Gasteiger partial charge in [0.1, 0.15) is 11.6 Å². The Hall–Kier alpha value is -3.33. The molecule has 0 amide bonds. The van der Waals surface area contributed by atoms with Gasteiger partial charge in [-0.05, 0) is 119 Å². The van der Waals surface area contributed by atoms with Crippen molar-refractivity contribution < 1.29 is 14.4 Å². The lowest BCUT2D eigenvalue weighted by Gasteiger charge is -2.32. The number of rotatable bonds is 11. The molecule has 4 rings (SSSR count). The highest BCUT2D eigenvalue weighted by Crippen LogP contribution is 2.38. The first-order valence-electron chi connectivity index (χ1n) is 17.6. The lowest BCUT2D eigenvalue weighted by Crippen LogP contribution is -2.30. The molecule has 0 saturated heterocycles. The van der Waals surface area contributed by atoms with Gasteiger partial charge in [0.25, 0.3) is 0 Å². The monoisotopic (exact) mass is 624 g/mol. The zero-order chi connectivity index (χ0) is 34.4. The predicted molar refractivity (Wildman–Crippen MR) is 195 cm³/mol. The largest absolute Gasteiger partial charge is 0.300 e. The predicted octanol–water partition coefficient (Wildman–Crippen LogP) is 10.9. The Labute approximate surface area is 280 Å². The highest BCUT2D eigenvalue weighted by atomic mass is 16.1. The molecule has 3 aromatic carbocycles. The minimum absolute atomic E-state index is 0.0444. The highest BCUT2D eigenvalue weighted by molar-refractivity contribution is 6.01. The minimum atomic E-state index is -0.0683. The first-order chi connectivity index (χ1) is 21.8. The number of hydrogen-bond donors (Lipinski definition) is 0. The van der Waals surface area contributed by atoms with E-state index in [9.17, 15) is 14.4 Å². The molecule has 0 aromatic heterocycles. The number of hydrogen-bond acceptors (Lipinski definition) is 3. The van der Waals surface area contributed by atoms with Crippen molar-refractivity contribution in [3.63, 3.8) is 0 Å². The maximum Gasteiger partial charge on any atom is 0.163 e. The van der Waals surface area contributed by atoms with Crippen LogP contribution in [0.15, 0.2) is 54.6 Å². The third-order valence-corrected chi connectivity index (χ3v) is 9.62. The third kappa shape index (κ3) is 11.8. The number of benzene rings is 3. The van der Waals surface area contributed by atoms with Crippen LogP contribution in [0.2, 0.25) is 0 Å². The van der Waals surface area contributed by atoms with Gasteiger partial charge in [0, 0.05) is 17.9 Å². The summed E-state index contributed by atoms with van der Waals surface area (Å²) >= 11 is 0. The first kappa shape index (κ1) is 38.9. The van der Waals surface area contributed by atoms with E-state index in [1.54, 1.807) is 0 Å². The zero-order valence-corrected chi connectivity index (χ0v) is 30.5.